The molecule has 0 aliphatic heterocycles. The molecule has 14 heavy (non-hydrogen) atoms. The summed E-state index contributed by atoms with van der Waals surface area (Å²) in [5, 5.41) is 2.98. The molecule has 4 nitrogen and oxygen atoms in total. The third kappa shape index (κ3) is 10.2. The van der Waals surface area contributed by atoms with Crippen molar-refractivity contribution in [1.82, 2.24) is 10.0 Å². The van der Waals surface area contributed by atoms with Crippen molar-refractivity contribution in [2.45, 2.75) is 13.3 Å². The van der Waals surface area contributed by atoms with E-state index < -0.39 is 16.7 Å². The molecular formula is C7H18ClFN2O2S. The van der Waals surface area contributed by atoms with Gasteiger partial charge in [-0.25, -0.2) is 13.1 Å². The molecule has 0 rings (SSSR count). The predicted molar refractivity (Wildman–Crippen MR) is 58.2 cm³/mol. The van der Waals surface area contributed by atoms with Crippen molar-refractivity contribution in [2.24, 2.45) is 0 Å². The number of likely N-dealkylation sites (N-methyl/N-ethyl adjacent to an activating group) is 1. The van der Waals surface area contributed by atoms with Crippen LogP contribution in [-0.2, 0) is 10.0 Å². The zero-order valence-corrected chi connectivity index (χ0v) is 9.89. The van der Waals surface area contributed by atoms with E-state index >= 15 is 0 Å². The predicted octanol–water partition coefficient (Wildman–Crippen LogP) is 0.297. The molecule has 0 heterocycles. The lowest BCUT2D eigenvalue weighted by molar-refractivity contribution is 0.483. The van der Waals surface area contributed by atoms with Crippen LogP contribution >= 0.6 is 12.4 Å². The second-order valence-electron chi connectivity index (χ2n) is 2.61. The highest BCUT2D eigenvalue weighted by atomic mass is 35.5. The van der Waals surface area contributed by atoms with Gasteiger partial charge in [0.25, 0.3) is 0 Å². The van der Waals surface area contributed by atoms with Crippen molar-refractivity contribution in [3.05, 3.63) is 0 Å². The highest BCUT2D eigenvalue weighted by Gasteiger charge is 2.07. The van der Waals surface area contributed by atoms with Gasteiger partial charge in [0, 0.05) is 13.1 Å². The largest absolute Gasteiger partial charge is 0.316 e. The summed E-state index contributed by atoms with van der Waals surface area (Å²) in [4.78, 5) is 0. The van der Waals surface area contributed by atoms with E-state index in [9.17, 15) is 12.8 Å². The molecule has 0 atom stereocenters. The van der Waals surface area contributed by atoms with Crippen LogP contribution in [0.3, 0.4) is 0 Å². The molecule has 0 bridgehead atoms. The van der Waals surface area contributed by atoms with Crippen molar-refractivity contribution in [3.8, 4) is 0 Å². The fourth-order valence-electron chi connectivity index (χ4n) is 0.788. The van der Waals surface area contributed by atoms with E-state index in [0.29, 0.717) is 13.1 Å². The Balaban J connectivity index is 0. The molecule has 0 unspecified atom stereocenters. The average Bonchev–Trinajstić information content (AvgIpc) is 2.09. The first-order valence-electron chi connectivity index (χ1n) is 4.36. The van der Waals surface area contributed by atoms with Crippen LogP contribution in [0.4, 0.5) is 4.39 Å². The number of rotatable bonds is 8. The molecule has 0 amide bonds. The Morgan fingerprint density at radius 1 is 1.29 bits per heavy atom. The summed E-state index contributed by atoms with van der Waals surface area (Å²) >= 11 is 0. The van der Waals surface area contributed by atoms with E-state index in [4.69, 9.17) is 0 Å². The Bertz CT molecular complexity index is 212. The molecule has 7 heteroatoms. The lowest BCUT2D eigenvalue weighted by Crippen LogP contribution is -2.33. The van der Waals surface area contributed by atoms with Gasteiger partial charge in [-0.05, 0) is 13.0 Å². The van der Waals surface area contributed by atoms with E-state index in [-0.39, 0.29) is 24.6 Å². The zero-order chi connectivity index (χ0) is 10.2. The maximum atomic E-state index is 11.7. The second-order valence-corrected chi connectivity index (χ2v) is 4.54. The van der Waals surface area contributed by atoms with Crippen molar-refractivity contribution >= 4 is 22.4 Å². The maximum absolute atomic E-state index is 11.7. The van der Waals surface area contributed by atoms with Gasteiger partial charge in [-0.3, -0.25) is 4.39 Å². The number of halogens is 2. The first-order chi connectivity index (χ1) is 6.12. The zero-order valence-electron chi connectivity index (χ0n) is 8.25. The Hall–Kier alpha value is 0.0900. The molecule has 0 aromatic rings. The molecule has 0 aliphatic carbocycles. The summed E-state index contributed by atoms with van der Waals surface area (Å²) in [5.74, 6) is -0.129. The number of alkyl halides is 1. The molecule has 0 aromatic heterocycles. The van der Waals surface area contributed by atoms with Gasteiger partial charge in [0.05, 0.1) is 12.4 Å². The lowest BCUT2D eigenvalue weighted by atomic mass is 10.6. The summed E-state index contributed by atoms with van der Waals surface area (Å²) in [7, 11) is -3.25. The summed E-state index contributed by atoms with van der Waals surface area (Å²) in [6.07, 6.45) is 0.0660. The summed E-state index contributed by atoms with van der Waals surface area (Å²) < 4.78 is 36.1. The molecule has 0 saturated carbocycles. The Morgan fingerprint density at radius 2 is 1.93 bits per heavy atom. The van der Waals surface area contributed by atoms with Gasteiger partial charge in [-0.1, -0.05) is 6.92 Å². The van der Waals surface area contributed by atoms with Crippen LogP contribution in [0, 0.1) is 0 Å². The third-order valence-electron chi connectivity index (χ3n) is 1.42. The minimum Gasteiger partial charge on any atom is -0.316 e. The molecular weight excluding hydrogens is 231 g/mol. The van der Waals surface area contributed by atoms with Crippen LogP contribution in [0.1, 0.15) is 13.3 Å². The average molecular weight is 249 g/mol. The van der Waals surface area contributed by atoms with Gasteiger partial charge in [-0.2, -0.15) is 0 Å². The fraction of sp³-hybridized carbons (Fsp3) is 1.00. The van der Waals surface area contributed by atoms with Crippen molar-refractivity contribution in [2.75, 3.05) is 32.1 Å². The number of hydrogen-bond donors (Lipinski definition) is 2. The monoisotopic (exact) mass is 248 g/mol. The van der Waals surface area contributed by atoms with Crippen LogP contribution in [-0.4, -0.2) is 40.5 Å². The van der Waals surface area contributed by atoms with Gasteiger partial charge in [-0.15, -0.1) is 12.4 Å². The highest BCUT2D eigenvalue weighted by Crippen LogP contribution is 1.89. The lowest BCUT2D eigenvalue weighted by Gasteiger charge is -2.05. The molecule has 0 aliphatic rings. The van der Waals surface area contributed by atoms with E-state index in [2.05, 4.69) is 10.0 Å². The number of nitrogens with one attached hydrogen (secondary N) is 2. The topological polar surface area (TPSA) is 58.2 Å². The van der Waals surface area contributed by atoms with Crippen molar-refractivity contribution < 1.29 is 12.8 Å². The van der Waals surface area contributed by atoms with E-state index in [1.165, 1.54) is 0 Å². The normalized spacial score (nSPS) is 11.0. The fourth-order valence-corrected chi connectivity index (χ4v) is 1.83. The van der Waals surface area contributed by atoms with Crippen LogP contribution in [0.25, 0.3) is 0 Å². The van der Waals surface area contributed by atoms with E-state index in [0.717, 1.165) is 6.54 Å². The quantitative estimate of drug-likeness (QED) is 0.608. The number of hydrogen-bond acceptors (Lipinski definition) is 3. The molecule has 0 aromatic carbocycles. The van der Waals surface area contributed by atoms with Crippen LogP contribution in [0.15, 0.2) is 0 Å². The Kier molecular flexibility index (Phi) is 11.4. The molecule has 2 N–H and O–H groups in total. The molecule has 0 spiro atoms. The smallest absolute Gasteiger partial charge is 0.211 e. The van der Waals surface area contributed by atoms with Crippen molar-refractivity contribution in [1.29, 1.82) is 0 Å². The maximum Gasteiger partial charge on any atom is 0.211 e. The second kappa shape index (κ2) is 9.64. The van der Waals surface area contributed by atoms with Crippen LogP contribution in [0.5, 0.6) is 0 Å². The van der Waals surface area contributed by atoms with Crippen LogP contribution in [0.2, 0.25) is 0 Å². The SMILES string of the molecule is CCNCCNS(=O)(=O)CCCF.Cl. The van der Waals surface area contributed by atoms with Gasteiger partial charge in [0.1, 0.15) is 0 Å². The van der Waals surface area contributed by atoms with E-state index in [1.54, 1.807) is 0 Å². The molecule has 88 valence electrons. The van der Waals surface area contributed by atoms with Gasteiger partial charge in [0.15, 0.2) is 0 Å². The standard InChI is InChI=1S/C7H17FN2O2S.ClH/c1-2-9-5-6-10-13(11,12)7-3-4-8;/h9-10H,2-7H2,1H3;1H. The Morgan fingerprint density at radius 3 is 2.43 bits per heavy atom. The number of sulfonamides is 1. The van der Waals surface area contributed by atoms with Gasteiger partial charge in [0.2, 0.25) is 10.0 Å². The minimum atomic E-state index is -3.25. The molecule has 0 saturated heterocycles. The first kappa shape index (κ1) is 16.5. The highest BCUT2D eigenvalue weighted by molar-refractivity contribution is 7.89. The van der Waals surface area contributed by atoms with Crippen molar-refractivity contribution in [3.63, 3.8) is 0 Å². The summed E-state index contributed by atoms with van der Waals surface area (Å²) in [6, 6.07) is 0. The third-order valence-corrected chi connectivity index (χ3v) is 2.89. The van der Waals surface area contributed by atoms with E-state index in [1.807, 2.05) is 6.92 Å². The molecule has 0 fully saturated rings. The van der Waals surface area contributed by atoms with Gasteiger partial charge < -0.3 is 5.32 Å². The minimum absolute atomic E-state index is 0. The molecule has 0 radical (unpaired) electrons. The van der Waals surface area contributed by atoms with Gasteiger partial charge >= 0.3 is 0 Å². The van der Waals surface area contributed by atoms with Crippen LogP contribution < -0.4 is 10.0 Å². The summed E-state index contributed by atoms with van der Waals surface area (Å²) in [6.45, 7) is 3.13. The first-order valence-corrected chi connectivity index (χ1v) is 6.01. The summed E-state index contributed by atoms with van der Waals surface area (Å²) in [5.41, 5.74) is 0. The Labute approximate surface area is 91.1 Å².